The average molecular weight is 829 g/mol. The number of ether oxygens (including phenoxy) is 9. The van der Waals surface area contributed by atoms with Crippen LogP contribution in [-0.4, -0.2) is 273 Å². The SMILES string of the molecule is OC[C@H]1O[C@@H](O[C@@H]2[C@@H](O)[C@H](O[C@H]3[C@H](O)[C@@H](O)[C@H](O[C@H]4[C@H](O)[C@@H](O)[C@H](OC[C@H]5O[C@@H](O)[C@H](O)[C@@H](O)[C@@H]5O)O[C@@H]4CO)O[C@@H]3CO)O[C@H](CO)[C@H]2O)[C@H](O)[C@@H](O)[C@H]1O. The maximum Gasteiger partial charge on any atom is 0.187 e. The summed E-state index contributed by atoms with van der Waals surface area (Å²) in [5.74, 6) is 0. The first kappa shape index (κ1) is 46.0. The Bertz CT molecular complexity index is 1200. The molecule has 5 aliphatic heterocycles. The van der Waals surface area contributed by atoms with Gasteiger partial charge in [-0.15, -0.1) is 0 Å². The first-order valence-electron chi connectivity index (χ1n) is 17.6. The molecule has 0 amide bonds. The van der Waals surface area contributed by atoms with Crippen LogP contribution in [0.15, 0.2) is 0 Å². The predicted octanol–water partition coefficient (Wildman–Crippen LogP) is -11.9. The molecule has 0 saturated carbocycles. The monoisotopic (exact) mass is 828 g/mol. The van der Waals surface area contributed by atoms with Crippen molar-refractivity contribution in [2.75, 3.05) is 33.0 Å². The average Bonchev–Trinajstić information content (AvgIpc) is 3.19. The third-order valence-electron chi connectivity index (χ3n) is 10.3. The van der Waals surface area contributed by atoms with Gasteiger partial charge in [-0.2, -0.15) is 0 Å². The lowest BCUT2D eigenvalue weighted by Crippen LogP contribution is -2.67. The Morgan fingerprint density at radius 2 is 0.679 bits per heavy atom. The van der Waals surface area contributed by atoms with Gasteiger partial charge in [-0.1, -0.05) is 0 Å². The molecule has 26 nitrogen and oxygen atoms in total. The van der Waals surface area contributed by atoms with Crippen LogP contribution in [0.5, 0.6) is 0 Å². The summed E-state index contributed by atoms with van der Waals surface area (Å²) in [6.45, 7) is -4.32. The largest absolute Gasteiger partial charge is 0.394 e. The highest BCUT2D eigenvalue weighted by molar-refractivity contribution is 4.98. The summed E-state index contributed by atoms with van der Waals surface area (Å²) < 4.78 is 48.9. The van der Waals surface area contributed by atoms with E-state index in [9.17, 15) is 86.8 Å². The maximum atomic E-state index is 11.1. The van der Waals surface area contributed by atoms with E-state index >= 15 is 0 Å². The zero-order chi connectivity index (χ0) is 41.3. The molecule has 26 heteroatoms. The first-order chi connectivity index (χ1) is 26.5. The molecule has 56 heavy (non-hydrogen) atoms. The van der Waals surface area contributed by atoms with Gasteiger partial charge in [0.05, 0.1) is 33.0 Å². The van der Waals surface area contributed by atoms with E-state index in [2.05, 4.69) is 0 Å². The van der Waals surface area contributed by atoms with Gasteiger partial charge < -0.3 is 129 Å². The minimum Gasteiger partial charge on any atom is -0.394 e. The van der Waals surface area contributed by atoms with Crippen LogP contribution in [-0.2, 0) is 42.6 Å². The summed E-state index contributed by atoms with van der Waals surface area (Å²) in [5, 5.41) is 175. The fourth-order valence-electron chi connectivity index (χ4n) is 6.92. The van der Waals surface area contributed by atoms with E-state index in [0.717, 1.165) is 0 Å². The van der Waals surface area contributed by atoms with Crippen molar-refractivity contribution in [3.63, 3.8) is 0 Å². The summed E-state index contributed by atoms with van der Waals surface area (Å²) in [4.78, 5) is 0. The van der Waals surface area contributed by atoms with Crippen LogP contribution in [0.2, 0.25) is 0 Å². The second kappa shape index (κ2) is 19.6. The van der Waals surface area contributed by atoms with E-state index in [0.29, 0.717) is 0 Å². The molecule has 0 bridgehead atoms. The van der Waals surface area contributed by atoms with Gasteiger partial charge in [0.2, 0.25) is 0 Å². The van der Waals surface area contributed by atoms with E-state index in [4.69, 9.17) is 42.6 Å². The molecule has 5 saturated heterocycles. The fourth-order valence-corrected chi connectivity index (χ4v) is 6.92. The molecule has 328 valence electrons. The minimum atomic E-state index is -2.11. The third kappa shape index (κ3) is 9.31. The van der Waals surface area contributed by atoms with E-state index in [1.165, 1.54) is 0 Å². The van der Waals surface area contributed by atoms with Gasteiger partial charge in [0.25, 0.3) is 0 Å². The van der Waals surface area contributed by atoms with Crippen molar-refractivity contribution in [3.8, 4) is 0 Å². The van der Waals surface area contributed by atoms with Crippen LogP contribution >= 0.6 is 0 Å². The summed E-state index contributed by atoms with van der Waals surface area (Å²) in [6, 6.07) is 0. The van der Waals surface area contributed by atoms with Crippen LogP contribution < -0.4 is 0 Å². The highest BCUT2D eigenvalue weighted by atomic mass is 16.8. The second-order valence-corrected chi connectivity index (χ2v) is 14.0. The topological polar surface area (TPSA) is 427 Å². The Balaban J connectivity index is 1.23. The molecule has 5 rings (SSSR count). The molecule has 0 unspecified atom stereocenters. The second-order valence-electron chi connectivity index (χ2n) is 14.0. The van der Waals surface area contributed by atoms with Gasteiger partial charge in [-0.25, -0.2) is 0 Å². The molecule has 5 aliphatic rings. The van der Waals surface area contributed by atoms with Crippen molar-refractivity contribution in [1.82, 2.24) is 0 Å². The van der Waals surface area contributed by atoms with Crippen LogP contribution in [0.25, 0.3) is 0 Å². The predicted molar refractivity (Wildman–Crippen MR) is 167 cm³/mol. The lowest BCUT2D eigenvalue weighted by Gasteiger charge is -2.49. The van der Waals surface area contributed by atoms with Gasteiger partial charge in [0, 0.05) is 0 Å². The number of rotatable bonds is 13. The van der Waals surface area contributed by atoms with Crippen molar-refractivity contribution in [2.45, 2.75) is 154 Å². The van der Waals surface area contributed by atoms with Crippen molar-refractivity contribution in [2.24, 2.45) is 0 Å². The number of hydrogen-bond acceptors (Lipinski definition) is 26. The Labute approximate surface area is 316 Å². The maximum absolute atomic E-state index is 11.1. The standard InChI is InChI=1S/C30H52O26/c31-1-6-11(35)15(39)19(43)28(50-6)56-25-13(37)7(2-32)51-30(22(25)46)55-24-9(4-34)53-29(21(45)17(24)41)54-23-8(3-33)52-27(20(44)16(23)40)48-5-10-12(36)14(38)18(42)26(47)49-10/h6-47H,1-5H2/t6-,7-,8-,9-,10-,11+,12-,13-,14+,15+,16-,17-,18-,19-,20-,21-,22-,23-,24-,25+,26-,27-,28+,29+,30+/m1/s1. The number of aliphatic hydroxyl groups is 17. The zero-order valence-corrected chi connectivity index (χ0v) is 29.2. The van der Waals surface area contributed by atoms with Gasteiger partial charge in [-0.05, 0) is 0 Å². The van der Waals surface area contributed by atoms with Crippen molar-refractivity contribution < 1.29 is 129 Å². The molecule has 25 atom stereocenters. The fraction of sp³-hybridized carbons (Fsp3) is 1.00. The molecule has 0 aromatic rings. The quantitative estimate of drug-likeness (QED) is 0.0819. The molecule has 5 fully saturated rings. The Hall–Kier alpha value is -1.04. The van der Waals surface area contributed by atoms with Gasteiger partial charge in [-0.3, -0.25) is 0 Å². The highest BCUT2D eigenvalue weighted by Crippen LogP contribution is 2.35. The number of aliphatic hydroxyl groups excluding tert-OH is 17. The molecule has 0 aromatic carbocycles. The highest BCUT2D eigenvalue weighted by Gasteiger charge is 2.55. The molecule has 17 N–H and O–H groups in total. The van der Waals surface area contributed by atoms with Crippen LogP contribution in [0, 0.1) is 0 Å². The van der Waals surface area contributed by atoms with Crippen molar-refractivity contribution in [3.05, 3.63) is 0 Å². The number of hydrogen-bond donors (Lipinski definition) is 17. The molecule has 5 heterocycles. The first-order valence-corrected chi connectivity index (χ1v) is 17.6. The molecule has 0 aromatic heterocycles. The Kier molecular flexibility index (Phi) is 16.1. The van der Waals surface area contributed by atoms with E-state index < -0.39 is 187 Å². The summed E-state index contributed by atoms with van der Waals surface area (Å²) in [7, 11) is 0. The summed E-state index contributed by atoms with van der Waals surface area (Å²) in [6.07, 6.45) is -45.6. The lowest BCUT2D eigenvalue weighted by molar-refractivity contribution is -0.390. The molecule has 0 radical (unpaired) electrons. The van der Waals surface area contributed by atoms with E-state index in [1.807, 2.05) is 0 Å². The Morgan fingerprint density at radius 1 is 0.304 bits per heavy atom. The van der Waals surface area contributed by atoms with Crippen LogP contribution in [0.3, 0.4) is 0 Å². The molecule has 0 spiro atoms. The van der Waals surface area contributed by atoms with E-state index in [-0.39, 0.29) is 0 Å². The normalized spacial score (nSPS) is 53.2. The smallest absolute Gasteiger partial charge is 0.187 e. The zero-order valence-electron chi connectivity index (χ0n) is 29.2. The van der Waals surface area contributed by atoms with Crippen molar-refractivity contribution >= 4 is 0 Å². The molecule has 0 aliphatic carbocycles. The third-order valence-corrected chi connectivity index (χ3v) is 10.3. The molecular weight excluding hydrogens is 776 g/mol. The Morgan fingerprint density at radius 3 is 1.20 bits per heavy atom. The van der Waals surface area contributed by atoms with Crippen molar-refractivity contribution in [1.29, 1.82) is 0 Å². The van der Waals surface area contributed by atoms with Gasteiger partial charge >= 0.3 is 0 Å². The van der Waals surface area contributed by atoms with E-state index in [1.54, 1.807) is 0 Å². The summed E-state index contributed by atoms with van der Waals surface area (Å²) >= 11 is 0. The lowest BCUT2D eigenvalue weighted by atomic mass is 9.95. The van der Waals surface area contributed by atoms with Gasteiger partial charge in [0.1, 0.15) is 122 Å². The van der Waals surface area contributed by atoms with Crippen LogP contribution in [0.4, 0.5) is 0 Å². The van der Waals surface area contributed by atoms with Crippen LogP contribution in [0.1, 0.15) is 0 Å². The summed E-state index contributed by atoms with van der Waals surface area (Å²) in [5.41, 5.74) is 0. The van der Waals surface area contributed by atoms with Gasteiger partial charge in [0.15, 0.2) is 31.5 Å². The minimum absolute atomic E-state index is 0.672. The molecular formula is C30H52O26.